The van der Waals surface area contributed by atoms with E-state index in [0.717, 1.165) is 11.1 Å². The number of aliphatic hydroxyl groups is 1. The minimum absolute atomic E-state index is 0.292. The standard InChI is InChI=1S/C30H26ClN3O5/c1-3-24(38-19-8-5-4-6-9-19)29(36)32-27-20-15-18(13-12-17(20)14-23(27)35)34-22-11-7-10-21(31)26(22)28-25(30(34)37)16(2)39-33-28/h4-13,15,23-24,27,35H,3,14H2,1-2H3,(H,32,36). The van der Waals surface area contributed by atoms with Crippen molar-refractivity contribution in [2.24, 2.45) is 0 Å². The van der Waals surface area contributed by atoms with Crippen molar-refractivity contribution >= 4 is 39.3 Å². The summed E-state index contributed by atoms with van der Waals surface area (Å²) in [5, 5.41) is 19.4. The molecule has 0 spiro atoms. The number of aliphatic hydroxyl groups excluding tert-OH is 1. The van der Waals surface area contributed by atoms with Gasteiger partial charge >= 0.3 is 0 Å². The van der Waals surface area contributed by atoms with E-state index in [-0.39, 0.29) is 11.5 Å². The number of benzene rings is 3. The predicted octanol–water partition coefficient (Wildman–Crippen LogP) is 5.03. The van der Waals surface area contributed by atoms with Crippen molar-refractivity contribution in [3.63, 3.8) is 0 Å². The quantitative estimate of drug-likeness (QED) is 0.311. The molecule has 2 N–H and O–H groups in total. The second-order valence-corrected chi connectivity index (χ2v) is 10.1. The van der Waals surface area contributed by atoms with Gasteiger partial charge in [-0.1, -0.05) is 54.0 Å². The van der Waals surface area contributed by atoms with E-state index in [4.69, 9.17) is 20.9 Å². The first-order valence-corrected chi connectivity index (χ1v) is 13.2. The summed E-state index contributed by atoms with van der Waals surface area (Å²) >= 11 is 6.56. The summed E-state index contributed by atoms with van der Waals surface area (Å²) in [7, 11) is 0. The van der Waals surface area contributed by atoms with Crippen LogP contribution in [0.4, 0.5) is 0 Å². The molecule has 1 amide bonds. The summed E-state index contributed by atoms with van der Waals surface area (Å²) in [6.45, 7) is 3.56. The van der Waals surface area contributed by atoms with E-state index < -0.39 is 18.2 Å². The number of rotatable bonds is 6. The molecule has 39 heavy (non-hydrogen) atoms. The molecular formula is C30H26ClN3O5. The summed E-state index contributed by atoms with van der Waals surface area (Å²) < 4.78 is 12.8. The maximum atomic E-state index is 13.7. The smallest absolute Gasteiger partial charge is 0.268 e. The van der Waals surface area contributed by atoms with E-state index in [2.05, 4.69) is 10.5 Å². The van der Waals surface area contributed by atoms with Crippen LogP contribution in [0.15, 0.2) is 76.0 Å². The Kier molecular flexibility index (Phi) is 6.37. The number of halogens is 1. The van der Waals surface area contributed by atoms with Gasteiger partial charge in [0, 0.05) is 17.5 Å². The van der Waals surface area contributed by atoms with Gasteiger partial charge in [0.2, 0.25) is 0 Å². The summed E-state index contributed by atoms with van der Waals surface area (Å²) in [5.41, 5.74) is 2.92. The first kappa shape index (κ1) is 25.2. The Labute approximate surface area is 228 Å². The van der Waals surface area contributed by atoms with Gasteiger partial charge in [0.25, 0.3) is 11.5 Å². The van der Waals surface area contributed by atoms with Crippen LogP contribution in [0.25, 0.3) is 27.5 Å². The molecule has 3 atom stereocenters. The molecule has 9 heteroatoms. The van der Waals surface area contributed by atoms with Crippen LogP contribution >= 0.6 is 11.6 Å². The zero-order chi connectivity index (χ0) is 27.3. The molecule has 0 fully saturated rings. The largest absolute Gasteiger partial charge is 0.481 e. The maximum Gasteiger partial charge on any atom is 0.268 e. The summed E-state index contributed by atoms with van der Waals surface area (Å²) in [6, 6.07) is 19.4. The van der Waals surface area contributed by atoms with Crippen molar-refractivity contribution in [2.45, 2.75) is 44.9 Å². The van der Waals surface area contributed by atoms with Gasteiger partial charge in [-0.2, -0.15) is 0 Å². The molecule has 0 radical (unpaired) electrons. The number of aromatic nitrogens is 2. The highest BCUT2D eigenvalue weighted by atomic mass is 35.5. The summed E-state index contributed by atoms with van der Waals surface area (Å²) in [6.07, 6.45) is -0.711. The summed E-state index contributed by atoms with van der Waals surface area (Å²) in [5.74, 6) is 0.675. The Bertz CT molecular complexity index is 1780. The second kappa shape index (κ2) is 9.87. The lowest BCUT2D eigenvalue weighted by atomic mass is 10.0. The van der Waals surface area contributed by atoms with Crippen molar-refractivity contribution in [1.82, 2.24) is 15.0 Å². The number of aryl methyl sites for hydroxylation is 1. The lowest BCUT2D eigenvalue weighted by Gasteiger charge is -2.23. The van der Waals surface area contributed by atoms with Crippen LogP contribution in [0.1, 0.15) is 36.3 Å². The fourth-order valence-corrected chi connectivity index (χ4v) is 5.62. The third kappa shape index (κ3) is 4.26. The number of ether oxygens (including phenoxy) is 1. The number of pyridine rings is 1. The molecule has 1 aliphatic carbocycles. The van der Waals surface area contributed by atoms with Gasteiger partial charge in [0.15, 0.2) is 6.10 Å². The molecule has 0 saturated heterocycles. The number of nitrogens with zero attached hydrogens (tertiary/aromatic N) is 2. The van der Waals surface area contributed by atoms with Crippen LogP contribution in [0.5, 0.6) is 5.75 Å². The molecule has 0 aliphatic heterocycles. The molecule has 3 unspecified atom stereocenters. The van der Waals surface area contributed by atoms with Crippen molar-refractivity contribution < 1.29 is 19.2 Å². The third-order valence-corrected chi connectivity index (χ3v) is 7.58. The fourth-order valence-electron chi connectivity index (χ4n) is 5.36. The van der Waals surface area contributed by atoms with E-state index in [9.17, 15) is 14.7 Å². The summed E-state index contributed by atoms with van der Waals surface area (Å²) in [4.78, 5) is 27.0. The van der Waals surface area contributed by atoms with E-state index in [0.29, 0.717) is 56.9 Å². The second-order valence-electron chi connectivity index (χ2n) is 9.71. The normalized spacial score (nSPS) is 17.3. The van der Waals surface area contributed by atoms with Crippen LogP contribution in [0, 0.1) is 6.92 Å². The number of carbonyl (C=O) groups is 1. The number of nitrogens with one attached hydrogen (secondary N) is 1. The highest BCUT2D eigenvalue weighted by Crippen LogP contribution is 2.35. The van der Waals surface area contributed by atoms with Gasteiger partial charge in [0.05, 0.1) is 22.7 Å². The molecule has 2 heterocycles. The van der Waals surface area contributed by atoms with E-state index in [1.807, 2.05) is 43.3 Å². The van der Waals surface area contributed by atoms with Gasteiger partial charge in [-0.15, -0.1) is 0 Å². The van der Waals surface area contributed by atoms with Crippen LogP contribution in [-0.4, -0.2) is 32.9 Å². The molecule has 0 bridgehead atoms. The molecule has 5 aromatic rings. The molecule has 198 valence electrons. The molecule has 1 aliphatic rings. The van der Waals surface area contributed by atoms with Gasteiger partial charge in [0.1, 0.15) is 22.4 Å². The highest BCUT2D eigenvalue weighted by Gasteiger charge is 2.34. The number of fused-ring (bicyclic) bond motifs is 4. The number of amides is 1. The SMILES string of the molecule is CCC(Oc1ccccc1)C(=O)NC1c2cc(-n3c(=O)c4c(C)onc4c4c(Cl)cccc43)ccc2CC1O. The van der Waals surface area contributed by atoms with E-state index in [1.165, 1.54) is 0 Å². The zero-order valence-corrected chi connectivity index (χ0v) is 22.1. The Morgan fingerprint density at radius 1 is 1.18 bits per heavy atom. The Morgan fingerprint density at radius 2 is 1.97 bits per heavy atom. The van der Waals surface area contributed by atoms with Gasteiger partial charge in [-0.25, -0.2) is 0 Å². The average molecular weight is 544 g/mol. The number of hydrogen-bond acceptors (Lipinski definition) is 6. The lowest BCUT2D eigenvalue weighted by Crippen LogP contribution is -2.42. The fraction of sp³-hybridized carbons (Fsp3) is 0.233. The van der Waals surface area contributed by atoms with Crippen molar-refractivity contribution in [1.29, 1.82) is 0 Å². The highest BCUT2D eigenvalue weighted by molar-refractivity contribution is 6.37. The number of hydrogen-bond donors (Lipinski definition) is 2. The van der Waals surface area contributed by atoms with E-state index >= 15 is 0 Å². The Balaban J connectivity index is 1.41. The van der Waals surface area contributed by atoms with Crippen LogP contribution in [0.2, 0.25) is 5.02 Å². The lowest BCUT2D eigenvalue weighted by molar-refractivity contribution is -0.129. The first-order chi connectivity index (χ1) is 18.9. The molecule has 2 aromatic heterocycles. The molecule has 0 saturated carbocycles. The van der Waals surface area contributed by atoms with Gasteiger partial charge in [-0.3, -0.25) is 14.2 Å². The van der Waals surface area contributed by atoms with Crippen LogP contribution in [0.3, 0.4) is 0 Å². The molecule has 3 aromatic carbocycles. The molecule has 8 nitrogen and oxygen atoms in total. The van der Waals surface area contributed by atoms with Gasteiger partial charge < -0.3 is 19.7 Å². The minimum atomic E-state index is -0.820. The average Bonchev–Trinajstić information content (AvgIpc) is 3.47. The Morgan fingerprint density at radius 3 is 2.74 bits per heavy atom. The van der Waals surface area contributed by atoms with E-state index in [1.54, 1.807) is 41.8 Å². The molecule has 6 rings (SSSR count). The predicted molar refractivity (Wildman–Crippen MR) is 149 cm³/mol. The van der Waals surface area contributed by atoms with Crippen molar-refractivity contribution in [3.8, 4) is 11.4 Å². The molecular weight excluding hydrogens is 518 g/mol. The minimum Gasteiger partial charge on any atom is -0.481 e. The monoisotopic (exact) mass is 543 g/mol. The zero-order valence-electron chi connectivity index (χ0n) is 21.3. The van der Waals surface area contributed by atoms with Crippen LogP contribution in [-0.2, 0) is 11.2 Å². The number of para-hydroxylation sites is 1. The van der Waals surface area contributed by atoms with Crippen molar-refractivity contribution in [2.75, 3.05) is 0 Å². The van der Waals surface area contributed by atoms with Crippen LogP contribution < -0.4 is 15.6 Å². The third-order valence-electron chi connectivity index (χ3n) is 7.27. The van der Waals surface area contributed by atoms with Gasteiger partial charge in [-0.05, 0) is 60.9 Å². The maximum absolute atomic E-state index is 13.7. The number of carbonyl (C=O) groups excluding carboxylic acids is 1. The first-order valence-electron chi connectivity index (χ1n) is 12.8. The topological polar surface area (TPSA) is 107 Å². The Hall–Kier alpha value is -4.14. The van der Waals surface area contributed by atoms with Crippen molar-refractivity contribution in [3.05, 3.63) is 99.0 Å².